The van der Waals surface area contributed by atoms with E-state index in [4.69, 9.17) is 0 Å². The fraction of sp³-hybridized carbons (Fsp3) is 0.300. The van der Waals surface area contributed by atoms with Crippen LogP contribution in [0.25, 0.3) is 0 Å². The molecule has 0 saturated carbocycles. The predicted octanol–water partition coefficient (Wildman–Crippen LogP) is 0.168. The number of benzene rings is 1. The second kappa shape index (κ2) is 7.25. The fourth-order valence-corrected chi connectivity index (χ4v) is 1.48. The van der Waals surface area contributed by atoms with Gasteiger partial charge in [-0.2, -0.15) is 31.4 Å². The number of alkyl halides is 3. The molecule has 0 spiro atoms. The van der Waals surface area contributed by atoms with Crippen molar-refractivity contribution in [2.24, 2.45) is 0 Å². The fourth-order valence-electron chi connectivity index (χ4n) is 1.13. The topological polar surface area (TPSA) is 20.3 Å². The maximum Gasteiger partial charge on any atom is 1.00 e. The Bertz CT molecular complexity index is 397. The van der Waals surface area contributed by atoms with Crippen molar-refractivity contribution in [2.75, 3.05) is 11.4 Å². The molecular weight excluding hydrogens is 326 g/mol. The first-order chi connectivity index (χ1) is 7.29. The van der Waals surface area contributed by atoms with Crippen molar-refractivity contribution in [2.45, 2.75) is 13.1 Å². The number of halogens is 4. The van der Waals surface area contributed by atoms with Crippen LogP contribution in [0.4, 0.5) is 18.9 Å². The normalized spacial score (nSPS) is 10.6. The first-order valence-electron chi connectivity index (χ1n) is 4.32. The summed E-state index contributed by atoms with van der Waals surface area (Å²) in [5.74, 6) is -0.674. The first-order valence-corrected chi connectivity index (χ1v) is 5.11. The minimum absolute atomic E-state index is 0. The largest absolute Gasteiger partial charge is 1.00 e. The van der Waals surface area contributed by atoms with E-state index in [1.807, 2.05) is 0 Å². The molecule has 0 radical (unpaired) electrons. The van der Waals surface area contributed by atoms with E-state index in [9.17, 15) is 18.0 Å². The SMILES string of the molecule is CC(=O)N(CC(F)(F)F)c1[c-]ccc(Br)c1.[K+]. The van der Waals surface area contributed by atoms with Crippen molar-refractivity contribution < 1.29 is 69.4 Å². The number of rotatable bonds is 2. The number of hydrogen-bond acceptors (Lipinski definition) is 1. The number of anilines is 1. The quantitative estimate of drug-likeness (QED) is 0.558. The number of carbonyl (C=O) groups excluding carboxylic acids is 1. The standard InChI is InChI=1S/C10H8BrF3NO.K/c1-7(16)15(6-10(12,13)14)9-4-2-3-8(11)5-9;/h2-3,5H,6H2,1H3;/q-1;+1. The van der Waals surface area contributed by atoms with Crippen molar-refractivity contribution in [3.05, 3.63) is 28.7 Å². The van der Waals surface area contributed by atoms with Crippen LogP contribution in [0.2, 0.25) is 0 Å². The summed E-state index contributed by atoms with van der Waals surface area (Å²) in [6, 6.07) is 7.07. The van der Waals surface area contributed by atoms with Crippen LogP contribution in [0, 0.1) is 6.07 Å². The molecule has 0 aliphatic heterocycles. The van der Waals surface area contributed by atoms with Crippen molar-refractivity contribution in [1.29, 1.82) is 0 Å². The summed E-state index contributed by atoms with van der Waals surface area (Å²) in [5.41, 5.74) is 0.0965. The summed E-state index contributed by atoms with van der Waals surface area (Å²) in [7, 11) is 0. The van der Waals surface area contributed by atoms with Gasteiger partial charge < -0.3 is 4.90 Å². The molecule has 17 heavy (non-hydrogen) atoms. The van der Waals surface area contributed by atoms with E-state index in [1.54, 1.807) is 6.07 Å². The molecule has 1 rings (SSSR count). The number of amides is 1. The van der Waals surface area contributed by atoms with E-state index in [2.05, 4.69) is 22.0 Å². The zero-order valence-corrected chi connectivity index (χ0v) is 14.0. The van der Waals surface area contributed by atoms with Crippen LogP contribution in [-0.4, -0.2) is 18.6 Å². The summed E-state index contributed by atoms with van der Waals surface area (Å²) < 4.78 is 37.3. The molecule has 7 heteroatoms. The molecule has 2 nitrogen and oxygen atoms in total. The van der Waals surface area contributed by atoms with E-state index in [0.29, 0.717) is 9.37 Å². The van der Waals surface area contributed by atoms with Gasteiger partial charge in [-0.05, 0) is 0 Å². The Morgan fingerprint density at radius 3 is 2.53 bits per heavy atom. The average Bonchev–Trinajstić information content (AvgIpc) is 2.12. The minimum Gasteiger partial charge on any atom is -0.327 e. The van der Waals surface area contributed by atoms with Gasteiger partial charge in [-0.3, -0.25) is 4.79 Å². The van der Waals surface area contributed by atoms with Gasteiger partial charge in [-0.1, -0.05) is 26.1 Å². The molecule has 1 aromatic rings. The Balaban J connectivity index is 0.00000256. The number of carbonyl (C=O) groups is 1. The summed E-state index contributed by atoms with van der Waals surface area (Å²) >= 11 is 3.12. The van der Waals surface area contributed by atoms with Crippen molar-refractivity contribution in [3.8, 4) is 0 Å². The Morgan fingerprint density at radius 2 is 2.12 bits per heavy atom. The molecule has 0 saturated heterocycles. The van der Waals surface area contributed by atoms with Crippen LogP contribution in [0.3, 0.4) is 0 Å². The third-order valence-corrected chi connectivity index (χ3v) is 2.25. The van der Waals surface area contributed by atoms with Crippen LogP contribution < -0.4 is 56.3 Å². The molecule has 1 aromatic carbocycles. The molecule has 0 atom stereocenters. The third kappa shape index (κ3) is 6.35. The molecule has 0 aromatic heterocycles. The number of hydrogen-bond donors (Lipinski definition) is 0. The predicted molar refractivity (Wildman–Crippen MR) is 57.1 cm³/mol. The molecule has 0 N–H and O–H groups in total. The Hall–Kier alpha value is 0.596. The van der Waals surface area contributed by atoms with Gasteiger partial charge in [0.1, 0.15) is 6.54 Å². The monoisotopic (exact) mass is 333 g/mol. The molecule has 0 unspecified atom stereocenters. The maximum absolute atomic E-state index is 12.2. The van der Waals surface area contributed by atoms with Gasteiger partial charge in [-0.15, -0.1) is 6.07 Å². The minimum atomic E-state index is -4.43. The van der Waals surface area contributed by atoms with Gasteiger partial charge in [0, 0.05) is 6.92 Å². The van der Waals surface area contributed by atoms with Crippen molar-refractivity contribution in [1.82, 2.24) is 0 Å². The molecule has 0 aliphatic rings. The second-order valence-corrected chi connectivity index (χ2v) is 4.03. The van der Waals surface area contributed by atoms with E-state index < -0.39 is 18.6 Å². The molecule has 0 heterocycles. The number of nitrogens with zero attached hydrogens (tertiary/aromatic N) is 1. The molecule has 1 amide bonds. The van der Waals surface area contributed by atoms with Crippen molar-refractivity contribution in [3.63, 3.8) is 0 Å². The summed E-state index contributed by atoms with van der Waals surface area (Å²) in [4.78, 5) is 11.8. The van der Waals surface area contributed by atoms with Crippen LogP contribution in [0.15, 0.2) is 22.7 Å². The average molecular weight is 334 g/mol. The Morgan fingerprint density at radius 1 is 1.53 bits per heavy atom. The molecule has 0 fully saturated rings. The summed E-state index contributed by atoms with van der Waals surface area (Å²) in [6.45, 7) is -0.226. The smallest absolute Gasteiger partial charge is 0.327 e. The van der Waals surface area contributed by atoms with E-state index in [0.717, 1.165) is 6.92 Å². The van der Waals surface area contributed by atoms with Crippen LogP contribution >= 0.6 is 15.9 Å². The van der Waals surface area contributed by atoms with E-state index >= 15 is 0 Å². The zero-order chi connectivity index (χ0) is 12.3. The van der Waals surface area contributed by atoms with Gasteiger partial charge in [-0.25, -0.2) is 0 Å². The first kappa shape index (κ1) is 17.6. The van der Waals surface area contributed by atoms with E-state index in [-0.39, 0.29) is 57.1 Å². The van der Waals surface area contributed by atoms with Gasteiger partial charge in [0.2, 0.25) is 5.91 Å². The second-order valence-electron chi connectivity index (χ2n) is 3.11. The van der Waals surface area contributed by atoms with Gasteiger partial charge in [0.05, 0.1) is 0 Å². The Kier molecular flexibility index (Phi) is 7.50. The molecule has 0 aliphatic carbocycles. The molecular formula is C10H8BrF3KNO. The zero-order valence-electron chi connectivity index (χ0n) is 9.31. The summed E-state index contributed by atoms with van der Waals surface area (Å²) in [5, 5.41) is 0. The van der Waals surface area contributed by atoms with Crippen LogP contribution in [0.5, 0.6) is 0 Å². The van der Waals surface area contributed by atoms with E-state index in [1.165, 1.54) is 12.1 Å². The van der Waals surface area contributed by atoms with Gasteiger partial charge in [0.25, 0.3) is 0 Å². The van der Waals surface area contributed by atoms with Gasteiger partial charge >= 0.3 is 57.6 Å². The Labute approximate surface area is 148 Å². The van der Waals surface area contributed by atoms with Crippen LogP contribution in [-0.2, 0) is 4.79 Å². The maximum atomic E-state index is 12.2. The molecule has 88 valence electrons. The van der Waals surface area contributed by atoms with Crippen molar-refractivity contribution >= 4 is 27.5 Å². The van der Waals surface area contributed by atoms with Gasteiger partial charge in [0.15, 0.2) is 0 Å². The summed E-state index contributed by atoms with van der Waals surface area (Å²) in [6.07, 6.45) is -4.43. The third-order valence-electron chi connectivity index (χ3n) is 1.76. The van der Waals surface area contributed by atoms with Crippen LogP contribution in [0.1, 0.15) is 6.92 Å². The molecule has 0 bridgehead atoms.